The van der Waals surface area contributed by atoms with Crippen LogP contribution in [0.25, 0.3) is 21.9 Å². The highest BCUT2D eigenvalue weighted by Crippen LogP contribution is 2.22. The Morgan fingerprint density at radius 3 is 2.61 bits per heavy atom. The van der Waals surface area contributed by atoms with Crippen molar-refractivity contribution in [2.75, 3.05) is 7.11 Å². The van der Waals surface area contributed by atoms with Gasteiger partial charge in [0, 0.05) is 0 Å². The molecule has 3 heteroatoms. The first kappa shape index (κ1) is 10.8. The van der Waals surface area contributed by atoms with Gasteiger partial charge in [-0.2, -0.15) is 0 Å². The summed E-state index contributed by atoms with van der Waals surface area (Å²) in [6.07, 6.45) is 0. The first-order chi connectivity index (χ1) is 8.69. The fourth-order valence-corrected chi connectivity index (χ4v) is 2.07. The van der Waals surface area contributed by atoms with Crippen LogP contribution in [0, 0.1) is 6.92 Å². The molecule has 0 aliphatic carbocycles. The van der Waals surface area contributed by atoms with Crippen LogP contribution in [-0.2, 0) is 0 Å². The number of aryl methyl sites for hydroxylation is 1. The molecule has 0 radical (unpaired) electrons. The van der Waals surface area contributed by atoms with E-state index in [4.69, 9.17) is 9.15 Å². The van der Waals surface area contributed by atoms with E-state index in [1.54, 1.807) is 31.4 Å². The molecule has 0 saturated heterocycles. The van der Waals surface area contributed by atoms with E-state index in [0.29, 0.717) is 27.7 Å². The standard InChI is InChI=1S/C15H12O3/c1-9-3-5-11-14(7-9)18-13-6-4-10(17-2)8-12(13)15(11)16/h3-8H,1-2H3. The first-order valence-corrected chi connectivity index (χ1v) is 5.70. The normalized spacial score (nSPS) is 11.0. The van der Waals surface area contributed by atoms with Crippen LogP contribution in [0.3, 0.4) is 0 Å². The quantitative estimate of drug-likeness (QED) is 0.613. The van der Waals surface area contributed by atoms with Gasteiger partial charge in [0.1, 0.15) is 16.9 Å². The van der Waals surface area contributed by atoms with Crippen molar-refractivity contribution in [1.29, 1.82) is 0 Å². The van der Waals surface area contributed by atoms with E-state index < -0.39 is 0 Å². The molecule has 1 heterocycles. The van der Waals surface area contributed by atoms with Crippen LogP contribution in [0.1, 0.15) is 5.56 Å². The molecule has 0 atom stereocenters. The molecule has 0 aliphatic heterocycles. The summed E-state index contributed by atoms with van der Waals surface area (Å²) in [4.78, 5) is 12.4. The lowest BCUT2D eigenvalue weighted by atomic mass is 10.1. The van der Waals surface area contributed by atoms with Crippen LogP contribution < -0.4 is 10.2 Å². The smallest absolute Gasteiger partial charge is 0.200 e. The predicted octanol–water partition coefficient (Wildman–Crippen LogP) is 3.26. The molecule has 1 aromatic heterocycles. The maximum atomic E-state index is 12.4. The molecule has 0 aliphatic rings. The van der Waals surface area contributed by atoms with Crippen molar-refractivity contribution in [1.82, 2.24) is 0 Å². The summed E-state index contributed by atoms with van der Waals surface area (Å²) in [7, 11) is 1.58. The zero-order valence-corrected chi connectivity index (χ0v) is 10.2. The Morgan fingerprint density at radius 1 is 1.00 bits per heavy atom. The van der Waals surface area contributed by atoms with Crippen LogP contribution >= 0.6 is 0 Å². The Hall–Kier alpha value is -2.29. The number of methoxy groups -OCH3 is 1. The molecule has 0 spiro atoms. The van der Waals surface area contributed by atoms with Gasteiger partial charge in [-0.25, -0.2) is 0 Å². The average Bonchev–Trinajstić information content (AvgIpc) is 2.38. The minimum Gasteiger partial charge on any atom is -0.497 e. The van der Waals surface area contributed by atoms with Crippen LogP contribution in [0.4, 0.5) is 0 Å². The van der Waals surface area contributed by atoms with Gasteiger partial charge in [-0.3, -0.25) is 4.79 Å². The summed E-state index contributed by atoms with van der Waals surface area (Å²) in [5.74, 6) is 0.654. The Morgan fingerprint density at radius 2 is 1.83 bits per heavy atom. The van der Waals surface area contributed by atoms with Gasteiger partial charge in [0.25, 0.3) is 0 Å². The van der Waals surface area contributed by atoms with Gasteiger partial charge in [0.2, 0.25) is 5.43 Å². The summed E-state index contributed by atoms with van der Waals surface area (Å²) < 4.78 is 10.9. The molecule has 18 heavy (non-hydrogen) atoms. The van der Waals surface area contributed by atoms with Crippen LogP contribution in [0.5, 0.6) is 5.75 Å². The molecular formula is C15H12O3. The molecule has 3 rings (SSSR count). The molecule has 2 aromatic carbocycles. The second-order valence-electron chi connectivity index (χ2n) is 4.29. The SMILES string of the molecule is COc1ccc2oc3cc(C)ccc3c(=O)c2c1. The summed E-state index contributed by atoms with van der Waals surface area (Å²) in [5.41, 5.74) is 2.25. The van der Waals surface area contributed by atoms with Crippen LogP contribution in [0.15, 0.2) is 45.6 Å². The van der Waals surface area contributed by atoms with E-state index in [2.05, 4.69) is 0 Å². The Labute approximate surface area is 104 Å². The first-order valence-electron chi connectivity index (χ1n) is 5.70. The summed E-state index contributed by atoms with van der Waals surface area (Å²) in [5, 5.41) is 1.15. The Balaban J connectivity index is 2.48. The van der Waals surface area contributed by atoms with Crippen molar-refractivity contribution in [3.63, 3.8) is 0 Å². The van der Waals surface area contributed by atoms with Gasteiger partial charge in [-0.1, -0.05) is 6.07 Å². The van der Waals surface area contributed by atoms with Gasteiger partial charge < -0.3 is 9.15 Å². The molecule has 3 nitrogen and oxygen atoms in total. The molecule has 3 aromatic rings. The number of benzene rings is 2. The second-order valence-corrected chi connectivity index (χ2v) is 4.29. The van der Waals surface area contributed by atoms with E-state index in [-0.39, 0.29) is 5.43 Å². The third-order valence-electron chi connectivity index (χ3n) is 3.03. The lowest BCUT2D eigenvalue weighted by Crippen LogP contribution is -2.02. The minimum absolute atomic E-state index is 0.0230. The van der Waals surface area contributed by atoms with E-state index >= 15 is 0 Å². The fourth-order valence-electron chi connectivity index (χ4n) is 2.07. The molecule has 0 amide bonds. The number of rotatable bonds is 1. The molecule has 0 unspecified atom stereocenters. The lowest BCUT2D eigenvalue weighted by Gasteiger charge is -2.04. The van der Waals surface area contributed by atoms with Crippen LogP contribution in [0.2, 0.25) is 0 Å². The van der Waals surface area contributed by atoms with Crippen molar-refractivity contribution in [3.05, 3.63) is 52.2 Å². The maximum absolute atomic E-state index is 12.4. The summed E-state index contributed by atoms with van der Waals surface area (Å²) in [6, 6.07) is 10.8. The van der Waals surface area contributed by atoms with Gasteiger partial charge in [-0.15, -0.1) is 0 Å². The third kappa shape index (κ3) is 1.56. The molecule has 0 saturated carbocycles. The zero-order chi connectivity index (χ0) is 12.7. The van der Waals surface area contributed by atoms with Crippen molar-refractivity contribution < 1.29 is 9.15 Å². The van der Waals surface area contributed by atoms with E-state index in [1.165, 1.54) is 0 Å². The Kier molecular flexibility index (Phi) is 2.33. The molecule has 90 valence electrons. The lowest BCUT2D eigenvalue weighted by molar-refractivity contribution is 0.415. The van der Waals surface area contributed by atoms with Crippen molar-refractivity contribution >= 4 is 21.9 Å². The predicted molar refractivity (Wildman–Crippen MR) is 71.3 cm³/mol. The summed E-state index contributed by atoms with van der Waals surface area (Å²) in [6.45, 7) is 1.97. The van der Waals surface area contributed by atoms with Crippen molar-refractivity contribution in [3.8, 4) is 5.75 Å². The molecular weight excluding hydrogens is 228 g/mol. The monoisotopic (exact) mass is 240 g/mol. The zero-order valence-electron chi connectivity index (χ0n) is 10.2. The Bertz CT molecular complexity index is 800. The van der Waals surface area contributed by atoms with Gasteiger partial charge >= 0.3 is 0 Å². The third-order valence-corrected chi connectivity index (χ3v) is 3.03. The number of hydrogen-bond donors (Lipinski definition) is 0. The van der Waals surface area contributed by atoms with Crippen molar-refractivity contribution in [2.45, 2.75) is 6.92 Å². The largest absolute Gasteiger partial charge is 0.497 e. The van der Waals surface area contributed by atoms with E-state index in [1.807, 2.05) is 19.1 Å². The number of hydrogen-bond acceptors (Lipinski definition) is 3. The second kappa shape index (κ2) is 3.88. The maximum Gasteiger partial charge on any atom is 0.200 e. The van der Waals surface area contributed by atoms with Crippen molar-refractivity contribution in [2.24, 2.45) is 0 Å². The molecule has 0 N–H and O–H groups in total. The topological polar surface area (TPSA) is 39.4 Å². The highest BCUT2D eigenvalue weighted by atomic mass is 16.5. The molecule has 0 bridgehead atoms. The highest BCUT2D eigenvalue weighted by Gasteiger charge is 2.08. The van der Waals surface area contributed by atoms with Gasteiger partial charge in [-0.05, 0) is 42.8 Å². The minimum atomic E-state index is -0.0230. The average molecular weight is 240 g/mol. The highest BCUT2D eigenvalue weighted by molar-refractivity contribution is 5.90. The molecule has 0 fully saturated rings. The van der Waals surface area contributed by atoms with E-state index in [9.17, 15) is 4.79 Å². The van der Waals surface area contributed by atoms with Gasteiger partial charge in [0.05, 0.1) is 17.9 Å². The van der Waals surface area contributed by atoms with Gasteiger partial charge in [0.15, 0.2) is 0 Å². The summed E-state index contributed by atoms with van der Waals surface area (Å²) >= 11 is 0. The number of ether oxygens (including phenoxy) is 1. The number of fused-ring (bicyclic) bond motifs is 2. The van der Waals surface area contributed by atoms with E-state index in [0.717, 1.165) is 5.56 Å². The fraction of sp³-hybridized carbons (Fsp3) is 0.133. The van der Waals surface area contributed by atoms with Crippen LogP contribution in [-0.4, -0.2) is 7.11 Å².